The van der Waals surface area contributed by atoms with Crippen LogP contribution in [0.15, 0.2) is 42.6 Å². The van der Waals surface area contributed by atoms with Crippen molar-refractivity contribution >= 4 is 19.4 Å². The van der Waals surface area contributed by atoms with Gasteiger partial charge in [-0.1, -0.05) is 56.9 Å². The first-order chi connectivity index (χ1) is 21.6. The highest BCUT2D eigenvalue weighted by Gasteiger charge is 2.78. The van der Waals surface area contributed by atoms with Crippen LogP contribution in [0, 0.1) is 19.3 Å². The van der Waals surface area contributed by atoms with Crippen LogP contribution in [0.4, 0.5) is 5.69 Å². The van der Waals surface area contributed by atoms with Crippen molar-refractivity contribution in [3.8, 4) is 0 Å². The molecule has 4 unspecified atom stereocenters. The summed E-state index contributed by atoms with van der Waals surface area (Å²) in [4.78, 5) is 12.5. The molecule has 4 fully saturated rings. The third-order valence-corrected chi connectivity index (χ3v) is 12.7. The summed E-state index contributed by atoms with van der Waals surface area (Å²) >= 11 is 0. The van der Waals surface area contributed by atoms with E-state index in [9.17, 15) is 5.11 Å². The first-order valence-electron chi connectivity index (χ1n) is 16.7. The minimum atomic E-state index is -1.19. The van der Waals surface area contributed by atoms with E-state index >= 15 is 0 Å². The first kappa shape index (κ1) is 31.5. The average molecular weight is 644 g/mol. The van der Waals surface area contributed by atoms with Crippen LogP contribution in [0.3, 0.4) is 0 Å². The number of aliphatic hydroxyl groups is 1. The molecule has 246 valence electrons. The summed E-state index contributed by atoms with van der Waals surface area (Å²) in [6.07, 6.45) is 3.81. The number of aromatic nitrogens is 6. The molecule has 3 aromatic heterocycles. The van der Waals surface area contributed by atoms with E-state index in [0.717, 1.165) is 48.3 Å². The largest absolute Gasteiger partial charge is 0.390 e. The number of hydrogen-bond acceptors (Lipinski definition) is 8. The summed E-state index contributed by atoms with van der Waals surface area (Å²) in [6.45, 7) is 20.6. The fourth-order valence-electron chi connectivity index (χ4n) is 7.95. The van der Waals surface area contributed by atoms with Gasteiger partial charge in [0.15, 0.2) is 17.3 Å². The molecule has 4 aromatic rings. The minimum absolute atomic E-state index is 0.0990. The molecule has 1 aliphatic carbocycles. The van der Waals surface area contributed by atoms with Crippen LogP contribution in [-0.2, 0) is 27.2 Å². The Morgan fingerprint density at radius 2 is 1.87 bits per heavy atom. The lowest BCUT2D eigenvalue weighted by molar-refractivity contribution is -0.138. The van der Waals surface area contributed by atoms with E-state index in [1.807, 2.05) is 30.0 Å². The van der Waals surface area contributed by atoms with Crippen LogP contribution in [0.5, 0.6) is 0 Å². The Morgan fingerprint density at radius 3 is 2.59 bits per heavy atom. The zero-order valence-corrected chi connectivity index (χ0v) is 29.7. The van der Waals surface area contributed by atoms with Crippen molar-refractivity contribution in [2.45, 2.75) is 102 Å². The predicted molar refractivity (Wildman–Crippen MR) is 181 cm³/mol. The molecule has 3 aliphatic heterocycles. The van der Waals surface area contributed by atoms with E-state index in [-0.39, 0.29) is 11.3 Å². The maximum Gasteiger partial charge on any atom is 0.184 e. The summed E-state index contributed by atoms with van der Waals surface area (Å²) in [7, 11) is -1.19. The van der Waals surface area contributed by atoms with Crippen molar-refractivity contribution in [3.63, 3.8) is 0 Å². The lowest BCUT2D eigenvalue weighted by atomic mass is 9.47. The molecule has 46 heavy (non-hydrogen) atoms. The number of ether oxygens (including phenoxy) is 2. The molecule has 6 heterocycles. The van der Waals surface area contributed by atoms with Crippen LogP contribution >= 0.6 is 0 Å². The Kier molecular flexibility index (Phi) is 7.32. The van der Waals surface area contributed by atoms with Gasteiger partial charge in [-0.15, -0.1) is 5.10 Å². The van der Waals surface area contributed by atoms with E-state index in [0.29, 0.717) is 38.0 Å². The summed E-state index contributed by atoms with van der Waals surface area (Å²) < 4.78 is 16.4. The molecular weight excluding hydrogens is 595 g/mol. The minimum Gasteiger partial charge on any atom is -0.390 e. The molecule has 0 amide bonds. The molecule has 4 atom stereocenters. The van der Waals surface area contributed by atoms with E-state index in [1.54, 1.807) is 0 Å². The van der Waals surface area contributed by atoms with Gasteiger partial charge in [0.25, 0.3) is 0 Å². The Balaban J connectivity index is 1.19. The second kappa shape index (κ2) is 10.7. The fourth-order valence-corrected chi connectivity index (χ4v) is 8.70. The van der Waals surface area contributed by atoms with Crippen LogP contribution in [0.1, 0.15) is 68.1 Å². The molecule has 4 aliphatic rings. The zero-order valence-electron chi connectivity index (χ0n) is 28.7. The van der Waals surface area contributed by atoms with Crippen LogP contribution in [0.25, 0.3) is 5.65 Å². The van der Waals surface area contributed by atoms with E-state index < -0.39 is 24.7 Å². The topological polar surface area (TPSA) is 103 Å². The smallest absolute Gasteiger partial charge is 0.184 e. The van der Waals surface area contributed by atoms with Crippen molar-refractivity contribution in [2.24, 2.45) is 5.41 Å². The van der Waals surface area contributed by atoms with E-state index in [4.69, 9.17) is 29.6 Å². The van der Waals surface area contributed by atoms with Crippen LogP contribution in [0.2, 0.25) is 25.7 Å². The number of hydrogen-bond donors (Lipinski definition) is 1. The Bertz CT molecular complexity index is 1760. The summed E-state index contributed by atoms with van der Waals surface area (Å²) in [5.41, 5.74) is 2.15. The van der Waals surface area contributed by atoms with Crippen molar-refractivity contribution in [1.82, 2.24) is 29.4 Å². The lowest BCUT2D eigenvalue weighted by Crippen LogP contribution is -2.61. The van der Waals surface area contributed by atoms with Crippen molar-refractivity contribution < 1.29 is 14.6 Å². The molecule has 1 saturated carbocycles. The van der Waals surface area contributed by atoms with Gasteiger partial charge in [0.05, 0.1) is 30.0 Å². The number of fused-ring (bicyclic) bond motifs is 2. The average Bonchev–Trinajstić information content (AvgIpc) is 3.79. The van der Waals surface area contributed by atoms with Gasteiger partial charge in [-0.3, -0.25) is 0 Å². The summed E-state index contributed by atoms with van der Waals surface area (Å²) in [5, 5.41) is 21.5. The van der Waals surface area contributed by atoms with Gasteiger partial charge < -0.3 is 19.5 Å². The molecule has 0 spiro atoms. The van der Waals surface area contributed by atoms with Gasteiger partial charge >= 0.3 is 0 Å². The predicted octanol–water partition coefficient (Wildman–Crippen LogP) is 5.59. The van der Waals surface area contributed by atoms with Crippen molar-refractivity contribution in [3.05, 3.63) is 71.2 Å². The molecule has 0 radical (unpaired) electrons. The standard InChI is InChI=1S/C35H49N7O3Si/c1-24-18-27(40-15-14-33(5,21-40)26-12-10-9-11-13-26)19-41-30(24)37-31(39-41)35-20-34(22-45-35,32(3,4)43)28(35)29-36-25(2)42(38-29)23-44-16-17-46(6,7)8/h9-13,18-19,28,43H,14-17,20-23H2,1-8H3. The quantitative estimate of drug-likeness (QED) is 0.176. The van der Waals surface area contributed by atoms with E-state index in [2.05, 4.69) is 81.0 Å². The van der Waals surface area contributed by atoms with Crippen molar-refractivity contribution in [1.29, 1.82) is 0 Å². The summed E-state index contributed by atoms with van der Waals surface area (Å²) in [5.74, 6) is 1.79. The third-order valence-electron chi connectivity index (χ3n) is 11.0. The molecule has 8 rings (SSSR count). The fraction of sp³-hybridized carbons (Fsp3) is 0.600. The van der Waals surface area contributed by atoms with Gasteiger partial charge in [-0.2, -0.15) is 5.10 Å². The van der Waals surface area contributed by atoms with Crippen LogP contribution in [-0.4, -0.2) is 74.4 Å². The zero-order chi connectivity index (χ0) is 32.7. The highest BCUT2D eigenvalue weighted by atomic mass is 28.3. The van der Waals surface area contributed by atoms with Gasteiger partial charge in [-0.25, -0.2) is 19.2 Å². The third kappa shape index (κ3) is 5.01. The van der Waals surface area contributed by atoms with Gasteiger partial charge in [0.1, 0.15) is 18.2 Å². The molecule has 2 bridgehead atoms. The van der Waals surface area contributed by atoms with Crippen LogP contribution < -0.4 is 4.90 Å². The van der Waals surface area contributed by atoms with Crippen molar-refractivity contribution in [2.75, 3.05) is 31.2 Å². The lowest BCUT2D eigenvalue weighted by Gasteiger charge is -2.55. The van der Waals surface area contributed by atoms with Gasteiger partial charge in [0.2, 0.25) is 0 Å². The highest BCUT2D eigenvalue weighted by molar-refractivity contribution is 6.76. The summed E-state index contributed by atoms with van der Waals surface area (Å²) in [6, 6.07) is 14.2. The van der Waals surface area contributed by atoms with Gasteiger partial charge in [-0.05, 0) is 63.8 Å². The molecule has 1 aromatic carbocycles. The second-order valence-electron chi connectivity index (χ2n) is 16.1. The number of pyridine rings is 1. The maximum absolute atomic E-state index is 11.5. The van der Waals surface area contributed by atoms with E-state index in [1.165, 1.54) is 5.56 Å². The molecule has 1 N–H and O–H groups in total. The Labute approximate surface area is 273 Å². The molecule has 3 saturated heterocycles. The normalized spacial score (nSPS) is 27.9. The Hall–Kier alpha value is -3.12. The second-order valence-corrected chi connectivity index (χ2v) is 21.7. The maximum atomic E-state index is 11.5. The number of benzene rings is 1. The Morgan fingerprint density at radius 1 is 1.11 bits per heavy atom. The monoisotopic (exact) mass is 643 g/mol. The molecular formula is C35H49N7O3Si. The molecule has 10 nitrogen and oxygen atoms in total. The number of anilines is 1. The highest BCUT2D eigenvalue weighted by Crippen LogP contribution is 2.73. The number of rotatable bonds is 10. The SMILES string of the molecule is Cc1cc(N2CCC(C)(c3ccccc3)C2)cn2nc(C34CC(C(C)(C)O)(CO3)C4c3nc(C)n(COCC[Si](C)(C)C)n3)nc12. The molecule has 11 heteroatoms. The van der Waals surface area contributed by atoms with Gasteiger partial charge in [0, 0.05) is 38.6 Å². The first-order valence-corrected chi connectivity index (χ1v) is 20.4. The number of nitrogens with zero attached hydrogens (tertiary/aromatic N) is 7. The number of aryl methyl sites for hydroxylation is 2.